The summed E-state index contributed by atoms with van der Waals surface area (Å²) in [6.07, 6.45) is -0.775. The first-order chi connectivity index (χ1) is 16.6. The van der Waals surface area contributed by atoms with E-state index in [0.29, 0.717) is 5.56 Å². The van der Waals surface area contributed by atoms with Gasteiger partial charge in [0.25, 0.3) is 11.8 Å². The number of hydrogen-bond acceptors (Lipinski definition) is 6. The molecule has 4 amide bonds. The van der Waals surface area contributed by atoms with Crippen molar-refractivity contribution in [1.82, 2.24) is 21.4 Å². The van der Waals surface area contributed by atoms with Crippen LogP contribution in [0.5, 0.6) is 0 Å². The topological polar surface area (TPSA) is 146 Å². The van der Waals surface area contributed by atoms with Gasteiger partial charge in [-0.3, -0.25) is 19.6 Å². The Morgan fingerprint density at radius 3 is 2.09 bits per heavy atom. The molecule has 0 aliphatic rings. The van der Waals surface area contributed by atoms with Crippen molar-refractivity contribution in [2.45, 2.75) is 32.4 Å². The minimum absolute atomic E-state index is 0.254. The predicted octanol–water partition coefficient (Wildman–Crippen LogP) is 1.33. The Labute approximate surface area is 203 Å². The number of ether oxygens (including phenoxy) is 1. The molecule has 1 atom stereocenters. The molecular weight excluding hydrogens is 452 g/mol. The SMILES string of the molecule is CC(C)(C)OC(=O)NCC(=O)NC[C@H](NC(=O)c1ccc(C#Cc2ccccc2)cc1)C(=O)NO. The van der Waals surface area contributed by atoms with Crippen molar-refractivity contribution in [3.63, 3.8) is 0 Å². The highest BCUT2D eigenvalue weighted by atomic mass is 16.6. The van der Waals surface area contributed by atoms with Crippen LogP contribution in [0.1, 0.15) is 42.3 Å². The van der Waals surface area contributed by atoms with Crippen LogP contribution in [-0.4, -0.2) is 53.8 Å². The van der Waals surface area contributed by atoms with E-state index in [1.54, 1.807) is 45.0 Å². The summed E-state index contributed by atoms with van der Waals surface area (Å²) in [5, 5.41) is 16.1. The van der Waals surface area contributed by atoms with E-state index in [4.69, 9.17) is 9.94 Å². The van der Waals surface area contributed by atoms with Crippen LogP contribution >= 0.6 is 0 Å². The Balaban J connectivity index is 1.91. The average molecular weight is 481 g/mol. The third-order valence-corrected chi connectivity index (χ3v) is 4.30. The Hall–Kier alpha value is -4.36. The summed E-state index contributed by atoms with van der Waals surface area (Å²) in [5.74, 6) is 3.86. The van der Waals surface area contributed by atoms with Gasteiger partial charge in [0, 0.05) is 23.2 Å². The molecule has 35 heavy (non-hydrogen) atoms. The standard InChI is InChI=1S/C25H28N4O6/c1-25(2,3)35-24(33)27-16-21(30)26-15-20(23(32)29-34)28-22(31)19-13-11-18(12-14-19)10-9-17-7-5-4-6-8-17/h4-8,11-14,20,34H,15-16H2,1-3H3,(H,26,30)(H,27,33)(H,28,31)(H,29,32)/t20-/m0/s1. The van der Waals surface area contributed by atoms with Crippen LogP contribution in [-0.2, 0) is 14.3 Å². The molecule has 10 heteroatoms. The van der Waals surface area contributed by atoms with Crippen molar-refractivity contribution in [2.24, 2.45) is 0 Å². The van der Waals surface area contributed by atoms with Gasteiger partial charge >= 0.3 is 6.09 Å². The zero-order valence-corrected chi connectivity index (χ0v) is 19.7. The van der Waals surface area contributed by atoms with Gasteiger partial charge in [-0.2, -0.15) is 0 Å². The number of alkyl carbamates (subject to hydrolysis) is 1. The Kier molecular flexibility index (Phi) is 9.81. The molecule has 0 spiro atoms. The summed E-state index contributed by atoms with van der Waals surface area (Å²) in [7, 11) is 0. The van der Waals surface area contributed by atoms with E-state index in [1.807, 2.05) is 30.3 Å². The first-order valence-electron chi connectivity index (χ1n) is 10.7. The van der Waals surface area contributed by atoms with Crippen LogP contribution in [0.3, 0.4) is 0 Å². The first kappa shape index (κ1) is 26.9. The average Bonchev–Trinajstić information content (AvgIpc) is 2.83. The second-order valence-electron chi connectivity index (χ2n) is 8.35. The second kappa shape index (κ2) is 12.8. The van der Waals surface area contributed by atoms with Crippen LogP contribution in [0.4, 0.5) is 4.79 Å². The van der Waals surface area contributed by atoms with Gasteiger partial charge in [-0.05, 0) is 57.2 Å². The Morgan fingerprint density at radius 1 is 0.914 bits per heavy atom. The van der Waals surface area contributed by atoms with Crippen LogP contribution in [0.2, 0.25) is 0 Å². The fourth-order valence-electron chi connectivity index (χ4n) is 2.64. The van der Waals surface area contributed by atoms with Crippen molar-refractivity contribution in [3.8, 4) is 11.8 Å². The molecule has 0 aliphatic heterocycles. The highest BCUT2D eigenvalue weighted by molar-refractivity contribution is 5.97. The zero-order chi connectivity index (χ0) is 25.8. The van der Waals surface area contributed by atoms with Gasteiger partial charge in [-0.25, -0.2) is 10.3 Å². The number of benzene rings is 2. The molecule has 0 aliphatic carbocycles. The zero-order valence-electron chi connectivity index (χ0n) is 19.7. The molecule has 10 nitrogen and oxygen atoms in total. The molecule has 5 N–H and O–H groups in total. The fourth-order valence-corrected chi connectivity index (χ4v) is 2.64. The summed E-state index contributed by atoms with van der Waals surface area (Å²) < 4.78 is 5.02. The summed E-state index contributed by atoms with van der Waals surface area (Å²) in [6.45, 7) is 4.31. The van der Waals surface area contributed by atoms with E-state index >= 15 is 0 Å². The maximum absolute atomic E-state index is 12.6. The molecule has 0 saturated carbocycles. The molecule has 184 valence electrons. The van der Waals surface area contributed by atoms with Crippen LogP contribution in [0.15, 0.2) is 54.6 Å². The number of rotatable bonds is 7. The summed E-state index contributed by atoms with van der Waals surface area (Å²) in [5.41, 5.74) is 2.53. The van der Waals surface area contributed by atoms with Crippen LogP contribution in [0, 0.1) is 11.8 Å². The van der Waals surface area contributed by atoms with Crippen molar-refractivity contribution >= 4 is 23.8 Å². The highest BCUT2D eigenvalue weighted by Crippen LogP contribution is 2.06. The summed E-state index contributed by atoms with van der Waals surface area (Å²) in [6, 6.07) is 14.6. The van der Waals surface area contributed by atoms with Crippen molar-refractivity contribution < 1.29 is 29.1 Å². The normalized spacial score (nSPS) is 11.2. The summed E-state index contributed by atoms with van der Waals surface area (Å²) >= 11 is 0. The number of nitrogens with one attached hydrogen (secondary N) is 4. The molecule has 2 rings (SSSR count). The van der Waals surface area contributed by atoms with E-state index in [9.17, 15) is 19.2 Å². The van der Waals surface area contributed by atoms with Crippen LogP contribution < -0.4 is 21.4 Å². The van der Waals surface area contributed by atoms with Gasteiger partial charge in [0.15, 0.2) is 0 Å². The molecule has 0 radical (unpaired) electrons. The fraction of sp³-hybridized carbons (Fsp3) is 0.280. The molecule has 0 bridgehead atoms. The smallest absolute Gasteiger partial charge is 0.408 e. The molecule has 0 aromatic heterocycles. The van der Waals surface area contributed by atoms with E-state index in [1.165, 1.54) is 5.48 Å². The van der Waals surface area contributed by atoms with Crippen molar-refractivity contribution in [2.75, 3.05) is 13.1 Å². The first-order valence-corrected chi connectivity index (χ1v) is 10.7. The van der Waals surface area contributed by atoms with Crippen molar-refractivity contribution in [1.29, 1.82) is 0 Å². The second-order valence-corrected chi connectivity index (χ2v) is 8.35. The highest BCUT2D eigenvalue weighted by Gasteiger charge is 2.22. The van der Waals surface area contributed by atoms with Gasteiger partial charge in [0.2, 0.25) is 5.91 Å². The lowest BCUT2D eigenvalue weighted by Crippen LogP contribution is -2.53. The Morgan fingerprint density at radius 2 is 1.51 bits per heavy atom. The lowest BCUT2D eigenvalue weighted by Gasteiger charge is -2.20. The quantitative estimate of drug-likeness (QED) is 0.230. The lowest BCUT2D eigenvalue weighted by molar-refractivity contribution is -0.131. The van der Waals surface area contributed by atoms with Gasteiger partial charge in [0.05, 0.1) is 6.54 Å². The molecule has 0 heterocycles. The maximum atomic E-state index is 12.6. The minimum atomic E-state index is -1.27. The van der Waals surface area contributed by atoms with Gasteiger partial charge in [0.1, 0.15) is 11.6 Å². The minimum Gasteiger partial charge on any atom is -0.444 e. The Bertz CT molecular complexity index is 1100. The van der Waals surface area contributed by atoms with E-state index in [-0.39, 0.29) is 12.1 Å². The molecule has 0 saturated heterocycles. The molecule has 0 unspecified atom stereocenters. The number of amides is 4. The predicted molar refractivity (Wildman–Crippen MR) is 127 cm³/mol. The van der Waals surface area contributed by atoms with E-state index < -0.39 is 42.0 Å². The number of carbonyl (C=O) groups is 4. The van der Waals surface area contributed by atoms with Crippen LogP contribution in [0.25, 0.3) is 0 Å². The molecular formula is C25H28N4O6. The van der Waals surface area contributed by atoms with Gasteiger partial charge < -0.3 is 20.7 Å². The van der Waals surface area contributed by atoms with Crippen molar-refractivity contribution in [3.05, 3.63) is 71.3 Å². The largest absolute Gasteiger partial charge is 0.444 e. The number of hydroxylamine groups is 1. The maximum Gasteiger partial charge on any atom is 0.408 e. The van der Waals surface area contributed by atoms with E-state index in [2.05, 4.69) is 27.8 Å². The monoisotopic (exact) mass is 480 g/mol. The summed E-state index contributed by atoms with van der Waals surface area (Å²) in [4.78, 5) is 48.1. The van der Waals surface area contributed by atoms with Gasteiger partial charge in [-0.15, -0.1) is 0 Å². The molecule has 2 aromatic rings. The third kappa shape index (κ3) is 9.98. The van der Waals surface area contributed by atoms with Gasteiger partial charge in [-0.1, -0.05) is 30.0 Å². The molecule has 0 fully saturated rings. The molecule has 2 aromatic carbocycles. The lowest BCUT2D eigenvalue weighted by atomic mass is 10.1. The third-order valence-electron chi connectivity index (χ3n) is 4.30. The van der Waals surface area contributed by atoms with E-state index in [0.717, 1.165) is 5.56 Å². The number of hydrogen-bond donors (Lipinski definition) is 5. The number of carbonyl (C=O) groups excluding carboxylic acids is 4.